The van der Waals surface area contributed by atoms with Crippen LogP contribution in [0.5, 0.6) is 5.75 Å². The molecule has 1 heterocycles. The summed E-state index contributed by atoms with van der Waals surface area (Å²) in [7, 11) is -2.72. The molecule has 10 heavy (non-hydrogen) atoms. The average Bonchev–Trinajstić information content (AvgIpc) is 2.43. The highest BCUT2D eigenvalue weighted by atomic mass is 16.5. The minimum atomic E-state index is -2.72. The summed E-state index contributed by atoms with van der Waals surface area (Å²) in [5.74, 6) is -0.265. The number of rotatable bonds is 2. The Hall–Kier alpha value is -1.03. The van der Waals surface area contributed by atoms with Crippen LogP contribution in [0.15, 0.2) is 6.20 Å². The molecular formula is C6H10N2O2. The molecule has 0 aliphatic heterocycles. The number of aliphatic hydroxyl groups is 1. The van der Waals surface area contributed by atoms with Crippen LogP contribution in [-0.4, -0.2) is 21.9 Å². The van der Waals surface area contributed by atoms with Crippen LogP contribution in [0.4, 0.5) is 0 Å². The van der Waals surface area contributed by atoms with Crippen molar-refractivity contribution >= 4 is 0 Å². The summed E-state index contributed by atoms with van der Waals surface area (Å²) in [6.45, 7) is -3.27. The summed E-state index contributed by atoms with van der Waals surface area (Å²) in [5, 5.41) is 12.4. The maximum atomic E-state index is 8.97. The van der Waals surface area contributed by atoms with E-state index in [1.54, 1.807) is 0 Å². The Morgan fingerprint density at radius 3 is 3.50 bits per heavy atom. The van der Waals surface area contributed by atoms with Gasteiger partial charge in [-0.25, -0.2) is 0 Å². The Balaban J connectivity index is 3.10. The van der Waals surface area contributed by atoms with E-state index in [1.807, 2.05) is 0 Å². The zero-order valence-electron chi connectivity index (χ0n) is 11.0. The van der Waals surface area contributed by atoms with Crippen LogP contribution in [0.25, 0.3) is 0 Å². The smallest absolute Gasteiger partial charge is 0.162 e. The molecule has 0 aliphatic rings. The summed E-state index contributed by atoms with van der Waals surface area (Å²) in [4.78, 5) is 0. The van der Waals surface area contributed by atoms with Crippen molar-refractivity contribution in [1.82, 2.24) is 9.78 Å². The summed E-state index contributed by atoms with van der Waals surface area (Å²) >= 11 is 0. The predicted octanol–water partition coefficient (Wildman–Crippen LogP) is -0.0790. The molecule has 0 unspecified atom stereocenters. The molecule has 0 saturated heterocycles. The van der Waals surface area contributed by atoms with Gasteiger partial charge in [-0.05, 0) is 0 Å². The molecular weight excluding hydrogens is 132 g/mol. The molecule has 0 radical (unpaired) electrons. The van der Waals surface area contributed by atoms with Crippen molar-refractivity contribution in [2.24, 2.45) is 6.98 Å². The molecule has 1 aromatic heterocycles. The number of aliphatic hydroxyl groups excluding tert-OH is 1. The second-order valence-electron chi connectivity index (χ2n) is 1.63. The molecule has 0 atom stereocenters. The molecule has 0 saturated carbocycles. The van der Waals surface area contributed by atoms with Crippen molar-refractivity contribution in [3.8, 4) is 5.75 Å². The summed E-state index contributed by atoms with van der Waals surface area (Å²) in [6, 6.07) is 0. The topological polar surface area (TPSA) is 47.3 Å². The highest BCUT2D eigenvalue weighted by molar-refractivity contribution is 5.23. The van der Waals surface area contributed by atoms with Crippen LogP contribution in [0, 0.1) is 0 Å². The molecule has 1 N–H and O–H groups in total. The van der Waals surface area contributed by atoms with E-state index in [2.05, 4.69) is 9.84 Å². The van der Waals surface area contributed by atoms with Crippen LogP contribution in [-0.2, 0) is 13.6 Å². The van der Waals surface area contributed by atoms with Crippen molar-refractivity contribution < 1.29 is 18.1 Å². The number of aromatic nitrogens is 2. The van der Waals surface area contributed by atoms with Crippen LogP contribution in [0.3, 0.4) is 0 Å². The van der Waals surface area contributed by atoms with Crippen LogP contribution in [0.2, 0.25) is 0 Å². The lowest BCUT2D eigenvalue weighted by molar-refractivity contribution is 0.263. The third-order valence-electron chi connectivity index (χ3n) is 1.09. The number of ether oxygens (including phenoxy) is 1. The number of methoxy groups -OCH3 is 1. The minimum absolute atomic E-state index is 0.198. The molecule has 4 nitrogen and oxygen atoms in total. The lowest BCUT2D eigenvalue weighted by Crippen LogP contribution is -1.98. The van der Waals surface area contributed by atoms with Gasteiger partial charge in [-0.2, -0.15) is 5.10 Å². The van der Waals surface area contributed by atoms with Gasteiger partial charge in [0.05, 0.1) is 24.0 Å². The molecule has 1 aromatic rings. The van der Waals surface area contributed by atoms with E-state index in [9.17, 15) is 0 Å². The Labute approximate surface area is 67.5 Å². The van der Waals surface area contributed by atoms with Crippen molar-refractivity contribution in [1.29, 1.82) is 0 Å². The molecule has 0 fully saturated rings. The molecule has 0 bridgehead atoms. The van der Waals surface area contributed by atoms with Crippen LogP contribution >= 0.6 is 0 Å². The van der Waals surface area contributed by atoms with E-state index in [4.69, 9.17) is 13.3 Å². The van der Waals surface area contributed by atoms with E-state index in [0.29, 0.717) is 4.68 Å². The van der Waals surface area contributed by atoms with E-state index < -0.39 is 20.6 Å². The second kappa shape index (κ2) is 2.70. The lowest BCUT2D eigenvalue weighted by Gasteiger charge is -1.99. The predicted molar refractivity (Wildman–Crippen MR) is 35.7 cm³/mol. The first-order valence-electron chi connectivity index (χ1n) is 5.52. The maximum Gasteiger partial charge on any atom is 0.162 e. The number of hydrogen-bond acceptors (Lipinski definition) is 3. The van der Waals surface area contributed by atoms with Gasteiger partial charge in [0.1, 0.15) is 5.69 Å². The lowest BCUT2D eigenvalue weighted by atomic mass is 10.4. The molecule has 0 spiro atoms. The monoisotopic (exact) mass is 148 g/mol. The first kappa shape index (κ1) is 2.54. The van der Waals surface area contributed by atoms with Gasteiger partial charge < -0.3 is 9.84 Å². The third-order valence-corrected chi connectivity index (χ3v) is 1.09. The standard InChI is InChI=1S/C6H10N2O2/c1-8-5(4-9)6(10-2)3-7-8/h3,9H,4H2,1-2H3/i1D3,2D3. The van der Waals surface area contributed by atoms with E-state index >= 15 is 0 Å². The Morgan fingerprint density at radius 2 is 2.90 bits per heavy atom. The van der Waals surface area contributed by atoms with Crippen molar-refractivity contribution in [3.63, 3.8) is 0 Å². The van der Waals surface area contributed by atoms with Gasteiger partial charge in [0.25, 0.3) is 0 Å². The van der Waals surface area contributed by atoms with Crippen molar-refractivity contribution in [2.45, 2.75) is 6.61 Å². The summed E-state index contributed by atoms with van der Waals surface area (Å²) in [6.07, 6.45) is 0.949. The first-order valence-corrected chi connectivity index (χ1v) is 2.52. The van der Waals surface area contributed by atoms with E-state index in [-0.39, 0.29) is 11.4 Å². The number of aryl methyl sites for hydroxylation is 1. The fraction of sp³-hybridized carbons (Fsp3) is 0.500. The van der Waals surface area contributed by atoms with Crippen molar-refractivity contribution in [3.05, 3.63) is 11.9 Å². The molecule has 0 aliphatic carbocycles. The third kappa shape index (κ3) is 0.974. The number of hydrogen-bond donors (Lipinski definition) is 1. The largest absolute Gasteiger partial charge is 0.493 e. The quantitative estimate of drug-likeness (QED) is 0.638. The Bertz CT molecular complexity index is 368. The van der Waals surface area contributed by atoms with Gasteiger partial charge in [-0.3, -0.25) is 4.68 Å². The van der Waals surface area contributed by atoms with Gasteiger partial charge in [0.2, 0.25) is 0 Å². The fourth-order valence-corrected chi connectivity index (χ4v) is 0.589. The minimum Gasteiger partial charge on any atom is -0.493 e. The normalized spacial score (nSPS) is 21.3. The summed E-state index contributed by atoms with van der Waals surface area (Å²) < 4.78 is 46.9. The van der Waals surface area contributed by atoms with Gasteiger partial charge in [-0.1, -0.05) is 0 Å². The zero-order chi connectivity index (χ0) is 12.6. The molecule has 56 valence electrons. The maximum absolute atomic E-state index is 8.97. The fourth-order valence-electron chi connectivity index (χ4n) is 0.589. The second-order valence-corrected chi connectivity index (χ2v) is 1.63. The highest BCUT2D eigenvalue weighted by Gasteiger charge is 2.05. The van der Waals surface area contributed by atoms with Gasteiger partial charge >= 0.3 is 0 Å². The van der Waals surface area contributed by atoms with Crippen LogP contribution < -0.4 is 4.74 Å². The molecule has 1 rings (SSSR count). The zero-order valence-corrected chi connectivity index (χ0v) is 5.03. The summed E-state index contributed by atoms with van der Waals surface area (Å²) in [5.41, 5.74) is -0.198. The molecule has 0 aromatic carbocycles. The van der Waals surface area contributed by atoms with Gasteiger partial charge in [0.15, 0.2) is 5.75 Å². The Morgan fingerprint density at radius 1 is 2.00 bits per heavy atom. The molecule has 0 amide bonds. The van der Waals surface area contributed by atoms with E-state index in [1.165, 1.54) is 0 Å². The van der Waals surface area contributed by atoms with Gasteiger partial charge in [0, 0.05) is 11.1 Å². The number of nitrogens with zero attached hydrogens (tertiary/aromatic N) is 2. The average molecular weight is 148 g/mol. The first-order chi connectivity index (χ1) is 7.15. The van der Waals surface area contributed by atoms with Crippen LogP contribution in [0.1, 0.15) is 13.9 Å². The highest BCUT2D eigenvalue weighted by Crippen LogP contribution is 2.15. The van der Waals surface area contributed by atoms with E-state index in [0.717, 1.165) is 6.20 Å². The molecule has 4 heteroatoms. The van der Waals surface area contributed by atoms with Crippen molar-refractivity contribution in [2.75, 3.05) is 7.04 Å². The SMILES string of the molecule is [2H]C([2H])([2H])Oc1cnn(C([2H])([2H])[2H])c1CO. The Kier molecular flexibility index (Phi) is 0.687. The van der Waals surface area contributed by atoms with Gasteiger partial charge in [-0.15, -0.1) is 0 Å².